The van der Waals surface area contributed by atoms with Gasteiger partial charge in [-0.2, -0.15) is 0 Å². The summed E-state index contributed by atoms with van der Waals surface area (Å²) in [6.07, 6.45) is 3.99. The lowest BCUT2D eigenvalue weighted by molar-refractivity contribution is 0.0643. The van der Waals surface area contributed by atoms with Crippen LogP contribution in [0.25, 0.3) is 0 Å². The van der Waals surface area contributed by atoms with Crippen molar-refractivity contribution < 1.29 is 5.11 Å². The molecular weight excluding hydrogens is 200 g/mol. The van der Waals surface area contributed by atoms with Crippen molar-refractivity contribution in [3.05, 3.63) is 0 Å². The first-order valence-corrected chi connectivity index (χ1v) is 6.64. The van der Waals surface area contributed by atoms with Crippen LogP contribution in [0, 0.1) is 5.41 Å². The molecule has 3 nitrogen and oxygen atoms in total. The summed E-state index contributed by atoms with van der Waals surface area (Å²) in [6, 6.07) is 0.730. The van der Waals surface area contributed by atoms with Gasteiger partial charge >= 0.3 is 0 Å². The summed E-state index contributed by atoms with van der Waals surface area (Å²) in [5.74, 6) is 0. The highest BCUT2D eigenvalue weighted by Crippen LogP contribution is 2.27. The molecule has 0 amide bonds. The molecule has 0 bridgehead atoms. The topological polar surface area (TPSA) is 35.5 Å². The molecule has 0 aromatic carbocycles. The van der Waals surface area contributed by atoms with Crippen LogP contribution in [0.15, 0.2) is 0 Å². The van der Waals surface area contributed by atoms with Crippen molar-refractivity contribution in [2.45, 2.75) is 46.1 Å². The van der Waals surface area contributed by atoms with Crippen molar-refractivity contribution in [3.63, 3.8) is 0 Å². The van der Waals surface area contributed by atoms with Crippen LogP contribution in [0.3, 0.4) is 0 Å². The van der Waals surface area contributed by atoms with E-state index in [2.05, 4.69) is 31.0 Å². The second-order valence-electron chi connectivity index (χ2n) is 5.72. The fourth-order valence-electron chi connectivity index (χ4n) is 2.34. The monoisotopic (exact) mass is 228 g/mol. The van der Waals surface area contributed by atoms with Gasteiger partial charge in [0.15, 0.2) is 0 Å². The van der Waals surface area contributed by atoms with Crippen LogP contribution in [-0.2, 0) is 0 Å². The zero-order valence-corrected chi connectivity index (χ0v) is 11.1. The molecule has 0 aromatic heterocycles. The number of aliphatic hydroxyl groups excluding tert-OH is 1. The van der Waals surface area contributed by atoms with Crippen molar-refractivity contribution >= 4 is 0 Å². The summed E-state index contributed by atoms with van der Waals surface area (Å²) < 4.78 is 0. The first-order valence-electron chi connectivity index (χ1n) is 6.64. The van der Waals surface area contributed by atoms with Crippen LogP contribution in [-0.4, -0.2) is 48.8 Å². The van der Waals surface area contributed by atoms with E-state index in [1.807, 2.05) is 0 Å². The Bertz CT molecular complexity index is 190. The molecule has 1 saturated carbocycles. The summed E-state index contributed by atoms with van der Waals surface area (Å²) in [7, 11) is 0. The third kappa shape index (κ3) is 4.40. The van der Waals surface area contributed by atoms with Crippen molar-refractivity contribution in [2.24, 2.45) is 5.41 Å². The van der Waals surface area contributed by atoms with Crippen LogP contribution >= 0.6 is 0 Å². The zero-order chi connectivity index (χ0) is 12.0. The predicted octanol–water partition coefficient (Wildman–Crippen LogP) is 1.47. The molecule has 3 heteroatoms. The number of hydrogen-bond donors (Lipinski definition) is 2. The largest absolute Gasteiger partial charge is 0.395 e. The third-order valence-corrected chi connectivity index (χ3v) is 3.46. The van der Waals surface area contributed by atoms with Gasteiger partial charge in [-0.25, -0.2) is 0 Å². The summed E-state index contributed by atoms with van der Waals surface area (Å²) in [4.78, 5) is 2.47. The van der Waals surface area contributed by atoms with Crippen molar-refractivity contribution in [2.75, 3.05) is 32.8 Å². The van der Waals surface area contributed by atoms with E-state index in [1.165, 1.54) is 19.3 Å². The maximum absolute atomic E-state index is 9.12. The fourth-order valence-corrected chi connectivity index (χ4v) is 2.34. The molecule has 0 spiro atoms. The Balaban J connectivity index is 2.39. The van der Waals surface area contributed by atoms with E-state index in [1.54, 1.807) is 0 Å². The maximum Gasteiger partial charge on any atom is 0.0558 e. The number of nitrogens with zero attached hydrogens (tertiary/aromatic N) is 1. The van der Waals surface area contributed by atoms with Gasteiger partial charge in [0.05, 0.1) is 6.61 Å². The molecule has 96 valence electrons. The molecule has 0 unspecified atom stereocenters. The molecule has 0 aromatic rings. The maximum atomic E-state index is 9.12. The van der Waals surface area contributed by atoms with Crippen LogP contribution < -0.4 is 5.32 Å². The number of rotatable bonds is 8. The Hall–Kier alpha value is -0.120. The lowest BCUT2D eigenvalue weighted by Gasteiger charge is -2.41. The van der Waals surface area contributed by atoms with Gasteiger partial charge in [-0.15, -0.1) is 0 Å². The predicted molar refractivity (Wildman–Crippen MR) is 68.6 cm³/mol. The Labute approximate surface area is 100 Å². The van der Waals surface area contributed by atoms with E-state index in [4.69, 9.17) is 5.11 Å². The Morgan fingerprint density at radius 3 is 2.50 bits per heavy atom. The first kappa shape index (κ1) is 13.9. The lowest BCUT2D eigenvalue weighted by Crippen LogP contribution is -2.48. The highest BCUT2D eigenvalue weighted by Gasteiger charge is 2.29. The van der Waals surface area contributed by atoms with E-state index < -0.39 is 0 Å². The van der Waals surface area contributed by atoms with E-state index in [0.717, 1.165) is 32.2 Å². The quantitative estimate of drug-likeness (QED) is 0.660. The second kappa shape index (κ2) is 6.58. The van der Waals surface area contributed by atoms with Crippen LogP contribution in [0.2, 0.25) is 0 Å². The Kier molecular flexibility index (Phi) is 5.73. The average Bonchev–Trinajstić information content (AvgIpc) is 2.12. The first-order chi connectivity index (χ1) is 7.59. The molecule has 16 heavy (non-hydrogen) atoms. The van der Waals surface area contributed by atoms with Gasteiger partial charge in [-0.3, -0.25) is 4.90 Å². The standard InChI is InChI=1S/C13H28N2O/c1-4-14-10-13(2,3)11-15(8-9-16)12-6-5-7-12/h12,14,16H,4-11H2,1-3H3. The SMILES string of the molecule is CCNCC(C)(C)CN(CCO)C1CCC1. The molecular formula is C13H28N2O. The summed E-state index contributed by atoms with van der Waals surface area (Å²) in [5.41, 5.74) is 0.292. The van der Waals surface area contributed by atoms with Crippen molar-refractivity contribution in [1.29, 1.82) is 0 Å². The smallest absolute Gasteiger partial charge is 0.0558 e. The van der Waals surface area contributed by atoms with Gasteiger partial charge in [0.2, 0.25) is 0 Å². The van der Waals surface area contributed by atoms with E-state index in [9.17, 15) is 0 Å². The average molecular weight is 228 g/mol. The molecule has 0 saturated heterocycles. The molecule has 1 aliphatic rings. The molecule has 1 fully saturated rings. The number of aliphatic hydroxyl groups is 1. The van der Waals surface area contributed by atoms with Crippen molar-refractivity contribution in [1.82, 2.24) is 10.2 Å². The van der Waals surface area contributed by atoms with E-state index >= 15 is 0 Å². The van der Waals surface area contributed by atoms with Crippen molar-refractivity contribution in [3.8, 4) is 0 Å². The van der Waals surface area contributed by atoms with Gasteiger partial charge in [0, 0.05) is 25.7 Å². The minimum atomic E-state index is 0.286. The molecule has 1 rings (SSSR count). The highest BCUT2D eigenvalue weighted by atomic mass is 16.3. The van der Waals surface area contributed by atoms with E-state index in [-0.39, 0.29) is 6.61 Å². The Morgan fingerprint density at radius 2 is 2.06 bits per heavy atom. The second-order valence-corrected chi connectivity index (χ2v) is 5.72. The van der Waals surface area contributed by atoms with Gasteiger partial charge in [0.25, 0.3) is 0 Å². The lowest BCUT2D eigenvalue weighted by atomic mass is 9.87. The van der Waals surface area contributed by atoms with Crippen LogP contribution in [0.5, 0.6) is 0 Å². The van der Waals surface area contributed by atoms with Crippen LogP contribution in [0.4, 0.5) is 0 Å². The summed E-state index contributed by atoms with van der Waals surface area (Å²) in [5, 5.41) is 12.5. The van der Waals surface area contributed by atoms with Gasteiger partial charge in [0.1, 0.15) is 0 Å². The zero-order valence-electron chi connectivity index (χ0n) is 11.1. The van der Waals surface area contributed by atoms with Crippen LogP contribution in [0.1, 0.15) is 40.0 Å². The number of hydrogen-bond acceptors (Lipinski definition) is 3. The molecule has 2 N–H and O–H groups in total. The third-order valence-electron chi connectivity index (χ3n) is 3.46. The summed E-state index contributed by atoms with van der Waals surface area (Å²) in [6.45, 7) is 11.1. The fraction of sp³-hybridized carbons (Fsp3) is 1.00. The molecule has 0 atom stereocenters. The Morgan fingerprint density at radius 1 is 1.38 bits per heavy atom. The number of nitrogens with one attached hydrogen (secondary N) is 1. The normalized spacial score (nSPS) is 17.8. The molecule has 1 aliphatic carbocycles. The van der Waals surface area contributed by atoms with Gasteiger partial charge in [-0.1, -0.05) is 27.2 Å². The van der Waals surface area contributed by atoms with E-state index in [0.29, 0.717) is 5.41 Å². The summed E-state index contributed by atoms with van der Waals surface area (Å²) >= 11 is 0. The highest BCUT2D eigenvalue weighted by molar-refractivity contribution is 4.84. The van der Waals surface area contributed by atoms with Gasteiger partial charge in [-0.05, 0) is 24.8 Å². The molecule has 0 aliphatic heterocycles. The van der Waals surface area contributed by atoms with Gasteiger partial charge < -0.3 is 10.4 Å². The minimum absolute atomic E-state index is 0.286. The molecule has 0 radical (unpaired) electrons. The molecule has 0 heterocycles. The minimum Gasteiger partial charge on any atom is -0.395 e.